The van der Waals surface area contributed by atoms with Crippen molar-refractivity contribution in [1.82, 2.24) is 10.6 Å². The van der Waals surface area contributed by atoms with E-state index in [1.54, 1.807) is 0 Å². The fourth-order valence-electron chi connectivity index (χ4n) is 6.34. The van der Waals surface area contributed by atoms with Gasteiger partial charge < -0.3 is 10.6 Å². The van der Waals surface area contributed by atoms with E-state index in [9.17, 15) is 4.79 Å². The lowest BCUT2D eigenvalue weighted by Gasteiger charge is -2.31. The molecule has 3 nitrogen and oxygen atoms in total. The maximum absolute atomic E-state index is 12.3. The van der Waals surface area contributed by atoms with Crippen LogP contribution in [-0.2, 0) is 4.79 Å². The zero-order valence-electron chi connectivity index (χ0n) is 25.1. The highest BCUT2D eigenvalue weighted by atomic mass is 16.1. The summed E-state index contributed by atoms with van der Waals surface area (Å²) in [5.41, 5.74) is 2.93. The van der Waals surface area contributed by atoms with Gasteiger partial charge in [0, 0.05) is 19.2 Å². The first-order valence-electron chi connectivity index (χ1n) is 16.5. The summed E-state index contributed by atoms with van der Waals surface area (Å²) in [6.07, 6.45) is 33.5. The monoisotopic (exact) mass is 514 g/mol. The lowest BCUT2D eigenvalue weighted by atomic mass is 9.78. The molecule has 0 saturated carbocycles. The fraction of sp³-hybridized carbons (Fsp3) is 0.853. The Labute approximate surface area is 231 Å². The summed E-state index contributed by atoms with van der Waals surface area (Å²) in [4.78, 5) is 12.3. The Kier molecular flexibility index (Phi) is 17.9. The third kappa shape index (κ3) is 14.5. The van der Waals surface area contributed by atoms with E-state index in [4.69, 9.17) is 0 Å². The molecule has 1 aliphatic carbocycles. The van der Waals surface area contributed by atoms with Crippen molar-refractivity contribution in [2.75, 3.05) is 6.54 Å². The molecule has 0 bridgehead atoms. The number of carbonyl (C=O) groups excluding carboxylic acids is 1. The van der Waals surface area contributed by atoms with Gasteiger partial charge in [0.05, 0.1) is 6.04 Å². The van der Waals surface area contributed by atoms with Crippen LogP contribution in [0.1, 0.15) is 162 Å². The van der Waals surface area contributed by atoms with Crippen LogP contribution < -0.4 is 10.6 Å². The van der Waals surface area contributed by atoms with Gasteiger partial charge in [-0.1, -0.05) is 130 Å². The molecule has 3 heteroatoms. The van der Waals surface area contributed by atoms with Crippen molar-refractivity contribution in [1.29, 1.82) is 0 Å². The van der Waals surface area contributed by atoms with Gasteiger partial charge >= 0.3 is 0 Å². The topological polar surface area (TPSA) is 41.1 Å². The Hall–Kier alpha value is -1.25. The molecule has 37 heavy (non-hydrogen) atoms. The van der Waals surface area contributed by atoms with E-state index >= 15 is 0 Å². The Morgan fingerprint density at radius 2 is 1.41 bits per heavy atom. The number of amides is 1. The first kappa shape index (κ1) is 32.0. The number of rotatable bonds is 23. The minimum absolute atomic E-state index is 0.236. The van der Waals surface area contributed by atoms with Crippen molar-refractivity contribution in [3.63, 3.8) is 0 Å². The minimum atomic E-state index is 0.236. The maximum atomic E-state index is 12.3. The largest absolute Gasteiger partial charge is 0.384 e. The van der Waals surface area contributed by atoms with Crippen LogP contribution in [0.5, 0.6) is 0 Å². The summed E-state index contributed by atoms with van der Waals surface area (Å²) in [7, 11) is 0. The van der Waals surface area contributed by atoms with Gasteiger partial charge in [0.15, 0.2) is 0 Å². The second-order valence-electron chi connectivity index (χ2n) is 12.4. The quantitative estimate of drug-likeness (QED) is 0.133. The van der Waals surface area contributed by atoms with Crippen LogP contribution in [0.25, 0.3) is 0 Å². The summed E-state index contributed by atoms with van der Waals surface area (Å²) in [5.74, 6) is 1.74. The van der Waals surface area contributed by atoms with Crippen molar-refractivity contribution < 1.29 is 4.79 Å². The van der Waals surface area contributed by atoms with E-state index in [-0.39, 0.29) is 5.91 Å². The molecule has 2 rings (SSSR count). The van der Waals surface area contributed by atoms with Crippen LogP contribution in [-0.4, -0.2) is 18.5 Å². The number of hydrogen-bond acceptors (Lipinski definition) is 2. The predicted octanol–water partition coefficient (Wildman–Crippen LogP) is 9.77. The van der Waals surface area contributed by atoms with Crippen molar-refractivity contribution in [3.8, 4) is 0 Å². The third-order valence-corrected chi connectivity index (χ3v) is 8.51. The van der Waals surface area contributed by atoms with E-state index in [1.807, 2.05) is 0 Å². The van der Waals surface area contributed by atoms with Crippen LogP contribution in [0, 0.1) is 11.8 Å². The van der Waals surface area contributed by atoms with Gasteiger partial charge in [0.2, 0.25) is 5.91 Å². The molecule has 2 N–H and O–H groups in total. The van der Waals surface area contributed by atoms with Crippen molar-refractivity contribution in [2.45, 2.75) is 168 Å². The second kappa shape index (κ2) is 20.7. The van der Waals surface area contributed by atoms with Crippen LogP contribution >= 0.6 is 0 Å². The summed E-state index contributed by atoms with van der Waals surface area (Å²) < 4.78 is 0. The average Bonchev–Trinajstić information content (AvgIpc) is 3.29. The van der Waals surface area contributed by atoms with Gasteiger partial charge in [-0.3, -0.25) is 4.79 Å². The lowest BCUT2D eigenvalue weighted by molar-refractivity contribution is -0.121. The Bertz CT molecular complexity index is 650. The molecule has 0 saturated heterocycles. The molecule has 1 heterocycles. The second-order valence-corrected chi connectivity index (χ2v) is 12.4. The standard InChI is InChI=1S/C34H62N2O/c1-4-5-6-7-8-9-10-11-12-13-14-15-16-17-18-19-20-24-33(37)35-26-25-31-28-36-34-30(27-29(2)3)22-21-23-32(31)34/h23,28-30,34,36H,4-22,24-27H2,1-3H3,(H,35,37). The van der Waals surface area contributed by atoms with Crippen molar-refractivity contribution in [2.24, 2.45) is 11.8 Å². The maximum Gasteiger partial charge on any atom is 0.220 e. The summed E-state index contributed by atoms with van der Waals surface area (Å²) in [5, 5.41) is 6.81. The molecule has 0 aromatic heterocycles. The highest BCUT2D eigenvalue weighted by Crippen LogP contribution is 2.36. The van der Waals surface area contributed by atoms with Crippen molar-refractivity contribution in [3.05, 3.63) is 23.4 Å². The summed E-state index contributed by atoms with van der Waals surface area (Å²) >= 11 is 0. The lowest BCUT2D eigenvalue weighted by Crippen LogP contribution is -2.34. The van der Waals surface area contributed by atoms with Gasteiger partial charge in [-0.15, -0.1) is 0 Å². The number of hydrogen-bond donors (Lipinski definition) is 2. The molecule has 2 atom stereocenters. The van der Waals surface area contributed by atoms with Gasteiger partial charge in [-0.05, 0) is 55.1 Å². The predicted molar refractivity (Wildman–Crippen MR) is 162 cm³/mol. The normalized spacial score (nSPS) is 18.9. The molecule has 0 spiro atoms. The van der Waals surface area contributed by atoms with Crippen LogP contribution in [0.3, 0.4) is 0 Å². The molecule has 1 amide bonds. The SMILES string of the molecule is CCCCCCCCCCCCCCCCCCCC(=O)NCCC1=CNC2C1=CCCC2CC(C)C. The Morgan fingerprint density at radius 3 is 1.95 bits per heavy atom. The Balaban J connectivity index is 1.35. The highest BCUT2D eigenvalue weighted by molar-refractivity contribution is 5.75. The summed E-state index contributed by atoms with van der Waals surface area (Å²) in [6.45, 7) is 7.72. The molecule has 2 unspecified atom stereocenters. The minimum Gasteiger partial charge on any atom is -0.384 e. The zero-order valence-corrected chi connectivity index (χ0v) is 25.1. The van der Waals surface area contributed by atoms with Gasteiger partial charge in [-0.25, -0.2) is 0 Å². The molecule has 2 aliphatic rings. The number of fused-ring (bicyclic) bond motifs is 1. The van der Waals surface area contributed by atoms with E-state index in [1.165, 1.54) is 133 Å². The molecular formula is C34H62N2O. The van der Waals surface area contributed by atoms with Gasteiger partial charge in [0.25, 0.3) is 0 Å². The Morgan fingerprint density at radius 1 is 0.865 bits per heavy atom. The smallest absolute Gasteiger partial charge is 0.220 e. The van der Waals surface area contributed by atoms with Crippen LogP contribution in [0.4, 0.5) is 0 Å². The summed E-state index contributed by atoms with van der Waals surface area (Å²) in [6, 6.07) is 0.511. The number of unbranched alkanes of at least 4 members (excludes halogenated alkanes) is 16. The number of carbonyl (C=O) groups is 1. The molecule has 0 aromatic carbocycles. The fourth-order valence-corrected chi connectivity index (χ4v) is 6.34. The van der Waals surface area contributed by atoms with Crippen LogP contribution in [0.2, 0.25) is 0 Å². The highest BCUT2D eigenvalue weighted by Gasteiger charge is 2.32. The van der Waals surface area contributed by atoms with E-state index < -0.39 is 0 Å². The molecule has 0 fully saturated rings. The molecule has 0 radical (unpaired) electrons. The molecular weight excluding hydrogens is 452 g/mol. The zero-order chi connectivity index (χ0) is 26.6. The van der Waals surface area contributed by atoms with E-state index in [2.05, 4.69) is 43.7 Å². The van der Waals surface area contributed by atoms with E-state index in [0.29, 0.717) is 12.5 Å². The number of allylic oxidation sites excluding steroid dienone is 1. The number of nitrogens with one attached hydrogen (secondary N) is 2. The molecule has 0 aromatic rings. The van der Waals surface area contributed by atoms with Gasteiger partial charge in [-0.2, -0.15) is 0 Å². The van der Waals surface area contributed by atoms with Gasteiger partial charge in [0.1, 0.15) is 0 Å². The third-order valence-electron chi connectivity index (χ3n) is 8.51. The average molecular weight is 515 g/mol. The van der Waals surface area contributed by atoms with Crippen molar-refractivity contribution >= 4 is 5.91 Å². The molecule has 1 aliphatic heterocycles. The first-order valence-corrected chi connectivity index (χ1v) is 16.5. The van der Waals surface area contributed by atoms with E-state index in [0.717, 1.165) is 31.2 Å². The molecule has 214 valence electrons. The van der Waals surface area contributed by atoms with Crippen LogP contribution in [0.15, 0.2) is 23.4 Å². The first-order chi connectivity index (χ1) is 18.1.